The van der Waals surface area contributed by atoms with E-state index >= 15 is 0 Å². The Balaban J connectivity index is 0.000000774. The van der Waals surface area contributed by atoms with Crippen LogP contribution in [0.1, 0.15) is 66.2 Å². The number of likely N-dealkylation sites (tertiary alicyclic amines) is 2. The zero-order chi connectivity index (χ0) is 15.5. The molecule has 1 aliphatic carbocycles. The van der Waals surface area contributed by atoms with Gasteiger partial charge in [0.25, 0.3) is 0 Å². The Hall–Kier alpha value is -0.0800. The van der Waals surface area contributed by atoms with Gasteiger partial charge in [0.15, 0.2) is 0 Å². The fraction of sp³-hybridized carbons (Fsp3) is 1.00. The zero-order valence-electron chi connectivity index (χ0n) is 15.2. The maximum absolute atomic E-state index is 2.83. The summed E-state index contributed by atoms with van der Waals surface area (Å²) in [7, 11) is 2.27. The van der Waals surface area contributed by atoms with Gasteiger partial charge in [-0.25, -0.2) is 0 Å². The summed E-state index contributed by atoms with van der Waals surface area (Å²) in [4.78, 5) is 5.32. The van der Waals surface area contributed by atoms with Crippen molar-refractivity contribution in [2.45, 2.75) is 72.3 Å². The quantitative estimate of drug-likeness (QED) is 0.751. The predicted octanol–water partition coefficient (Wildman–Crippen LogP) is 4.26. The van der Waals surface area contributed by atoms with Crippen LogP contribution in [0.5, 0.6) is 0 Å². The molecule has 2 saturated heterocycles. The highest BCUT2D eigenvalue weighted by molar-refractivity contribution is 4.98. The average Bonchev–Trinajstić information content (AvgIpc) is 2.49. The Morgan fingerprint density at radius 1 is 0.905 bits per heavy atom. The summed E-state index contributed by atoms with van der Waals surface area (Å²) in [5, 5.41) is 0. The summed E-state index contributed by atoms with van der Waals surface area (Å²) in [5.74, 6) is 1.88. The Bertz CT molecular complexity index is 289. The summed E-state index contributed by atoms with van der Waals surface area (Å²) in [6.07, 6.45) is 8.82. The van der Waals surface area contributed by atoms with E-state index in [0.29, 0.717) is 0 Å². The van der Waals surface area contributed by atoms with Crippen LogP contribution in [0, 0.1) is 17.3 Å². The summed E-state index contributed by atoms with van der Waals surface area (Å²) in [5.41, 5.74) is 0.738. The molecule has 0 unspecified atom stereocenters. The van der Waals surface area contributed by atoms with Gasteiger partial charge in [0.05, 0.1) is 0 Å². The third-order valence-electron chi connectivity index (χ3n) is 6.26. The molecule has 0 amide bonds. The van der Waals surface area contributed by atoms with Gasteiger partial charge in [0.1, 0.15) is 0 Å². The summed E-state index contributed by atoms with van der Waals surface area (Å²) < 4.78 is 0. The monoisotopic (exact) mass is 294 g/mol. The summed E-state index contributed by atoms with van der Waals surface area (Å²) in [6.45, 7) is 14.3. The lowest BCUT2D eigenvalue weighted by atomic mass is 9.67. The average molecular weight is 295 g/mol. The lowest BCUT2D eigenvalue weighted by molar-refractivity contribution is -0.0350. The van der Waals surface area contributed by atoms with Crippen molar-refractivity contribution in [2.75, 3.05) is 33.2 Å². The molecule has 0 aromatic heterocycles. The lowest BCUT2D eigenvalue weighted by Gasteiger charge is -2.54. The third kappa shape index (κ3) is 4.01. The Labute approximate surface area is 133 Å². The molecule has 0 aromatic carbocycles. The fourth-order valence-corrected chi connectivity index (χ4v) is 4.95. The van der Waals surface area contributed by atoms with Crippen molar-refractivity contribution >= 4 is 0 Å². The first-order chi connectivity index (χ1) is 10.1. The van der Waals surface area contributed by atoms with Gasteiger partial charge in [-0.2, -0.15) is 0 Å². The highest BCUT2D eigenvalue weighted by atomic mass is 15.2. The van der Waals surface area contributed by atoms with E-state index in [1.165, 1.54) is 64.7 Å². The second-order valence-corrected chi connectivity index (χ2v) is 8.02. The molecule has 0 bridgehead atoms. The van der Waals surface area contributed by atoms with Gasteiger partial charge >= 0.3 is 0 Å². The summed E-state index contributed by atoms with van der Waals surface area (Å²) in [6, 6.07) is 0.921. The minimum absolute atomic E-state index is 0.738. The Morgan fingerprint density at radius 2 is 1.43 bits per heavy atom. The van der Waals surface area contributed by atoms with E-state index in [1.807, 2.05) is 13.8 Å². The third-order valence-corrected chi connectivity index (χ3v) is 6.26. The first-order valence-corrected chi connectivity index (χ1v) is 9.51. The smallest absolute Gasteiger partial charge is 0.00957 e. The number of rotatable bonds is 2. The highest BCUT2D eigenvalue weighted by Crippen LogP contribution is 2.44. The van der Waals surface area contributed by atoms with Crippen LogP contribution < -0.4 is 0 Å². The van der Waals surface area contributed by atoms with Crippen LogP contribution in [0.3, 0.4) is 0 Å². The molecule has 0 radical (unpaired) electrons. The molecule has 1 saturated carbocycles. The van der Waals surface area contributed by atoms with Crippen molar-refractivity contribution in [1.29, 1.82) is 0 Å². The molecule has 0 atom stereocenters. The van der Waals surface area contributed by atoms with E-state index in [0.717, 1.165) is 23.3 Å². The summed E-state index contributed by atoms with van der Waals surface area (Å²) >= 11 is 0. The topological polar surface area (TPSA) is 6.48 Å². The number of hydrogen-bond acceptors (Lipinski definition) is 2. The van der Waals surface area contributed by atoms with E-state index in [4.69, 9.17) is 0 Å². The molecule has 0 N–H and O–H groups in total. The molecule has 3 aliphatic rings. The Kier molecular flexibility index (Phi) is 6.14. The molecule has 1 spiro atoms. The van der Waals surface area contributed by atoms with E-state index < -0.39 is 0 Å². The van der Waals surface area contributed by atoms with E-state index in [1.54, 1.807) is 0 Å². The number of piperidine rings is 1. The predicted molar refractivity (Wildman–Crippen MR) is 92.7 cm³/mol. The SMILES string of the molecule is CC.CC(C)C1CCN(C2CCC3(CC2)CN(C)C3)CC1. The van der Waals surface area contributed by atoms with E-state index in [2.05, 4.69) is 30.7 Å². The van der Waals surface area contributed by atoms with Crippen LogP contribution in [0.25, 0.3) is 0 Å². The van der Waals surface area contributed by atoms with Crippen molar-refractivity contribution in [3.63, 3.8) is 0 Å². The lowest BCUT2D eigenvalue weighted by Crippen LogP contribution is -2.57. The maximum Gasteiger partial charge on any atom is 0.00957 e. The van der Waals surface area contributed by atoms with Crippen LogP contribution in [-0.2, 0) is 0 Å². The molecule has 2 heteroatoms. The number of hydrogen-bond donors (Lipinski definition) is 0. The highest BCUT2D eigenvalue weighted by Gasteiger charge is 2.44. The first kappa shape index (κ1) is 17.3. The molecule has 124 valence electrons. The van der Waals surface area contributed by atoms with Crippen molar-refractivity contribution in [3.8, 4) is 0 Å². The van der Waals surface area contributed by atoms with Crippen LogP contribution in [0.4, 0.5) is 0 Å². The van der Waals surface area contributed by atoms with Gasteiger partial charge in [-0.05, 0) is 75.9 Å². The molecule has 0 aromatic rings. The molecular weight excluding hydrogens is 256 g/mol. The normalized spacial score (nSPS) is 28.3. The van der Waals surface area contributed by atoms with Gasteiger partial charge in [-0.1, -0.05) is 27.7 Å². The molecule has 2 nitrogen and oxygen atoms in total. The zero-order valence-corrected chi connectivity index (χ0v) is 15.2. The Morgan fingerprint density at radius 3 is 1.86 bits per heavy atom. The van der Waals surface area contributed by atoms with Gasteiger partial charge in [0, 0.05) is 19.1 Å². The van der Waals surface area contributed by atoms with Crippen LogP contribution in [0.15, 0.2) is 0 Å². The van der Waals surface area contributed by atoms with E-state index in [9.17, 15) is 0 Å². The van der Waals surface area contributed by atoms with Crippen molar-refractivity contribution in [2.24, 2.45) is 17.3 Å². The van der Waals surface area contributed by atoms with Crippen LogP contribution >= 0.6 is 0 Å². The minimum Gasteiger partial charge on any atom is -0.305 e. The largest absolute Gasteiger partial charge is 0.305 e. The maximum atomic E-state index is 2.83. The molecule has 3 fully saturated rings. The van der Waals surface area contributed by atoms with Gasteiger partial charge in [-0.15, -0.1) is 0 Å². The molecule has 21 heavy (non-hydrogen) atoms. The van der Waals surface area contributed by atoms with Gasteiger partial charge < -0.3 is 9.80 Å². The van der Waals surface area contributed by atoms with Crippen LogP contribution in [0.2, 0.25) is 0 Å². The van der Waals surface area contributed by atoms with Gasteiger partial charge in [-0.3, -0.25) is 0 Å². The van der Waals surface area contributed by atoms with Crippen molar-refractivity contribution in [3.05, 3.63) is 0 Å². The molecule has 3 rings (SSSR count). The number of nitrogens with zero attached hydrogens (tertiary/aromatic N) is 2. The molecule has 2 aliphatic heterocycles. The fourth-order valence-electron chi connectivity index (χ4n) is 4.95. The van der Waals surface area contributed by atoms with Crippen molar-refractivity contribution < 1.29 is 0 Å². The van der Waals surface area contributed by atoms with Gasteiger partial charge in [0.2, 0.25) is 0 Å². The second kappa shape index (κ2) is 7.46. The first-order valence-electron chi connectivity index (χ1n) is 9.51. The van der Waals surface area contributed by atoms with Crippen molar-refractivity contribution in [1.82, 2.24) is 9.80 Å². The molecular formula is C19H38N2. The minimum atomic E-state index is 0.738. The molecule has 2 heterocycles. The second-order valence-electron chi connectivity index (χ2n) is 8.02. The van der Waals surface area contributed by atoms with Crippen LogP contribution in [-0.4, -0.2) is 49.1 Å². The standard InChI is InChI=1S/C17H32N2.C2H6/c1-14(2)15-6-10-19(11-7-15)16-4-8-17(9-5-16)12-18(3)13-17;1-2/h14-16H,4-13H2,1-3H3;1-2H3. The van der Waals surface area contributed by atoms with E-state index in [-0.39, 0.29) is 0 Å².